The van der Waals surface area contributed by atoms with Crippen LogP contribution in [0.25, 0.3) is 16.7 Å². The predicted octanol–water partition coefficient (Wildman–Crippen LogP) is 4.32. The molecule has 1 unspecified atom stereocenters. The second-order valence-corrected chi connectivity index (χ2v) is 17.4. The predicted molar refractivity (Wildman–Crippen MR) is 226 cm³/mol. The third-order valence-electron chi connectivity index (χ3n) is 13.6. The minimum absolute atomic E-state index is 0.0106. The van der Waals surface area contributed by atoms with Gasteiger partial charge in [0.15, 0.2) is 11.3 Å². The summed E-state index contributed by atoms with van der Waals surface area (Å²) in [7, 11) is 1.44. The number of nitrogens with one attached hydrogen (secondary N) is 2. The Morgan fingerprint density at radius 3 is 2.65 bits per heavy atom. The van der Waals surface area contributed by atoms with Crippen LogP contribution in [-0.4, -0.2) is 126 Å². The number of para-hydroxylation sites is 1. The Morgan fingerprint density at radius 2 is 1.89 bits per heavy atom. The van der Waals surface area contributed by atoms with Gasteiger partial charge in [-0.3, -0.25) is 28.5 Å². The van der Waals surface area contributed by atoms with Crippen LogP contribution in [0.2, 0.25) is 0 Å². The number of morpholine rings is 1. The van der Waals surface area contributed by atoms with E-state index in [1.54, 1.807) is 23.0 Å². The van der Waals surface area contributed by atoms with Gasteiger partial charge in [0, 0.05) is 52.0 Å². The Balaban J connectivity index is 0.695. The summed E-state index contributed by atoms with van der Waals surface area (Å²) in [6.45, 7) is 4.39. The molecule has 63 heavy (non-hydrogen) atoms. The molecule has 2 bridgehead atoms. The van der Waals surface area contributed by atoms with E-state index in [4.69, 9.17) is 14.5 Å². The maximum Gasteiger partial charge on any atom is 0.327 e. The van der Waals surface area contributed by atoms with Gasteiger partial charge in [-0.2, -0.15) is 10.2 Å². The van der Waals surface area contributed by atoms with Crippen LogP contribution >= 0.6 is 0 Å². The van der Waals surface area contributed by atoms with Crippen LogP contribution in [-0.2, 0) is 19.1 Å². The van der Waals surface area contributed by atoms with Crippen molar-refractivity contribution in [2.24, 2.45) is 5.92 Å². The van der Waals surface area contributed by atoms with Crippen LogP contribution in [0, 0.1) is 17.8 Å². The summed E-state index contributed by atoms with van der Waals surface area (Å²) in [5.41, 5.74) is 1.41. The van der Waals surface area contributed by atoms with Gasteiger partial charge in [-0.1, -0.05) is 17.9 Å². The van der Waals surface area contributed by atoms with Crippen LogP contribution in [0.5, 0.6) is 0 Å². The fourth-order valence-electron chi connectivity index (χ4n) is 10.1. The molecule has 10 rings (SSSR count). The Labute approximate surface area is 360 Å². The summed E-state index contributed by atoms with van der Waals surface area (Å²) in [6, 6.07) is 6.69. The SMILES string of the molecule is CN1C(=O)CCC(n2c(=O)[nH]c3c(C#CCOC4CCN(CC5CCC(n6cc(NC(=O)c7cnn8ccc(N9C[C@H]%10C[C@@H]9CO%10)nc78)c(C(F)F)n6)CC5)CC4)cccc32)C1=O. The van der Waals surface area contributed by atoms with E-state index in [9.17, 15) is 28.0 Å². The standard InChI is InChI=1S/C44H49F2N11O6/c1-52-37(58)12-11-35(43(52)60)57-34-6-2-4-27(38(34)50-44(57)61)5-3-19-62-30-13-16-53(17-14-30)22-26-7-9-28(10-8-26)56-24-33(39(51-56)40(45)46)48-42(59)32-21-47-55-18-15-36(49-41(32)55)54-23-31-20-29(54)25-63-31/h2,4,6,15,18,21,24,26,28-31,35,40H,7-14,16-17,19-20,22-23,25H2,1H3,(H,48,59)(H,50,61)/t26?,28?,29-,31-,35?/m1/s1. The van der Waals surface area contributed by atoms with Crippen molar-refractivity contribution in [2.45, 2.75) is 94.5 Å². The lowest BCUT2D eigenvalue weighted by molar-refractivity contribution is -0.149. The van der Waals surface area contributed by atoms with E-state index < -0.39 is 35.7 Å². The van der Waals surface area contributed by atoms with Crippen molar-refractivity contribution >= 4 is 45.9 Å². The molecule has 1 aliphatic carbocycles. The van der Waals surface area contributed by atoms with E-state index >= 15 is 0 Å². The number of benzene rings is 1. The number of likely N-dealkylation sites (tertiary alicyclic amines) is 2. The molecule has 17 nitrogen and oxygen atoms in total. The number of imide groups is 1. The van der Waals surface area contributed by atoms with Crippen molar-refractivity contribution in [1.29, 1.82) is 0 Å². The van der Waals surface area contributed by atoms with Crippen molar-refractivity contribution in [1.82, 2.24) is 43.7 Å². The second-order valence-electron chi connectivity index (χ2n) is 17.4. The first-order chi connectivity index (χ1) is 30.6. The maximum absolute atomic E-state index is 14.3. The topological polar surface area (TPSA) is 177 Å². The number of hydrogen-bond acceptors (Lipinski definition) is 11. The van der Waals surface area contributed by atoms with E-state index in [2.05, 4.69) is 42.1 Å². The monoisotopic (exact) mass is 865 g/mol. The van der Waals surface area contributed by atoms with Gasteiger partial charge in [0.05, 0.1) is 59.4 Å². The van der Waals surface area contributed by atoms with Crippen molar-refractivity contribution in [2.75, 3.05) is 56.7 Å². The number of rotatable bonds is 10. The molecular formula is C44H49F2N11O6. The van der Waals surface area contributed by atoms with Crippen molar-refractivity contribution in [3.05, 3.63) is 70.2 Å². The number of carbonyl (C=O) groups excluding carboxylic acids is 3. The Hall–Kier alpha value is -5.97. The maximum atomic E-state index is 14.3. The number of nitrogens with zero attached hydrogens (tertiary/aromatic N) is 9. The average molecular weight is 866 g/mol. The van der Waals surface area contributed by atoms with Gasteiger partial charge in [0.25, 0.3) is 18.2 Å². The van der Waals surface area contributed by atoms with E-state index in [1.165, 1.54) is 28.5 Å². The number of anilines is 2. The number of likely N-dealkylation sites (N-methyl/N-ethyl adjacent to an activating group) is 1. The highest BCUT2D eigenvalue weighted by molar-refractivity contribution is 6.08. The lowest BCUT2D eigenvalue weighted by atomic mass is 9.85. The quantitative estimate of drug-likeness (QED) is 0.151. The van der Waals surface area contributed by atoms with E-state index in [0.29, 0.717) is 34.8 Å². The number of H-pyrrole nitrogens is 1. The number of piperidine rings is 2. The Bertz CT molecular complexity index is 2680. The molecule has 3 amide bonds. The number of aromatic amines is 1. The summed E-state index contributed by atoms with van der Waals surface area (Å²) >= 11 is 0. The van der Waals surface area contributed by atoms with Gasteiger partial charge in [-0.25, -0.2) is 23.1 Å². The number of carbonyl (C=O) groups is 3. The summed E-state index contributed by atoms with van der Waals surface area (Å²) in [6.07, 6.45) is 8.75. The number of fused-ring (bicyclic) bond motifs is 4. The molecule has 5 aliphatic rings. The number of alkyl halides is 2. The van der Waals surface area contributed by atoms with Gasteiger partial charge in [-0.15, -0.1) is 0 Å². The first kappa shape index (κ1) is 41.1. The zero-order valence-electron chi connectivity index (χ0n) is 34.9. The molecule has 0 spiro atoms. The number of ether oxygens (including phenoxy) is 2. The lowest BCUT2D eigenvalue weighted by Gasteiger charge is -2.36. The van der Waals surface area contributed by atoms with Crippen LogP contribution in [0.15, 0.2) is 47.7 Å². The molecule has 1 saturated carbocycles. The van der Waals surface area contributed by atoms with E-state index in [0.717, 1.165) is 81.8 Å². The number of imidazole rings is 1. The molecule has 5 fully saturated rings. The molecule has 4 saturated heterocycles. The molecule has 2 N–H and O–H groups in total. The molecule has 4 aromatic heterocycles. The summed E-state index contributed by atoms with van der Waals surface area (Å²) in [4.78, 5) is 64.7. The minimum Gasteiger partial charge on any atom is -0.374 e. The summed E-state index contributed by atoms with van der Waals surface area (Å²) in [5.74, 6) is 6.21. The highest BCUT2D eigenvalue weighted by atomic mass is 19.3. The highest BCUT2D eigenvalue weighted by Gasteiger charge is 2.40. The normalized spacial score (nSPS) is 24.5. The van der Waals surface area contributed by atoms with Crippen LogP contribution in [0.3, 0.4) is 0 Å². The second kappa shape index (κ2) is 17.0. The molecule has 330 valence electrons. The van der Waals surface area contributed by atoms with Gasteiger partial charge >= 0.3 is 5.69 Å². The molecule has 1 aromatic carbocycles. The molecule has 8 heterocycles. The number of halogens is 2. The lowest BCUT2D eigenvalue weighted by Crippen LogP contribution is -2.45. The zero-order valence-corrected chi connectivity index (χ0v) is 34.9. The van der Waals surface area contributed by atoms with Gasteiger partial charge in [0.1, 0.15) is 24.0 Å². The summed E-state index contributed by atoms with van der Waals surface area (Å²) < 4.78 is 45.0. The molecule has 3 atom stereocenters. The summed E-state index contributed by atoms with van der Waals surface area (Å²) in [5, 5.41) is 11.3. The van der Waals surface area contributed by atoms with Crippen molar-refractivity contribution in [3.63, 3.8) is 0 Å². The number of hydrogen-bond donors (Lipinski definition) is 2. The molecule has 0 radical (unpaired) electrons. The zero-order chi connectivity index (χ0) is 43.4. The number of amides is 3. The van der Waals surface area contributed by atoms with Gasteiger partial charge in [0.2, 0.25) is 5.91 Å². The molecular weight excluding hydrogens is 817 g/mol. The fourth-order valence-corrected chi connectivity index (χ4v) is 10.1. The van der Waals surface area contributed by atoms with Gasteiger partial charge < -0.3 is 29.6 Å². The fraction of sp³-hybridized carbons (Fsp3) is 0.523. The average Bonchev–Trinajstić information content (AvgIpc) is 4.14. The van der Waals surface area contributed by atoms with Gasteiger partial charge in [-0.05, 0) is 75.5 Å². The van der Waals surface area contributed by atoms with Crippen molar-refractivity contribution < 1.29 is 32.6 Å². The van der Waals surface area contributed by atoms with Crippen LogP contribution in [0.4, 0.5) is 20.3 Å². The first-order valence-electron chi connectivity index (χ1n) is 21.9. The molecule has 5 aromatic rings. The van der Waals surface area contributed by atoms with Crippen LogP contribution in [0.1, 0.15) is 97.9 Å². The third kappa shape index (κ3) is 8.00. The Kier molecular flexibility index (Phi) is 11.1. The smallest absolute Gasteiger partial charge is 0.327 e. The largest absolute Gasteiger partial charge is 0.374 e. The van der Waals surface area contributed by atoms with E-state index in [-0.39, 0.29) is 60.9 Å². The third-order valence-corrected chi connectivity index (χ3v) is 13.6. The Morgan fingerprint density at radius 1 is 1.06 bits per heavy atom. The first-order valence-corrected chi connectivity index (χ1v) is 21.9. The van der Waals surface area contributed by atoms with Crippen LogP contribution < -0.4 is 15.9 Å². The minimum atomic E-state index is -2.86. The molecule has 19 heteroatoms. The highest BCUT2D eigenvalue weighted by Crippen LogP contribution is 2.36. The van der Waals surface area contributed by atoms with E-state index in [1.807, 2.05) is 12.1 Å². The number of aromatic nitrogens is 7. The van der Waals surface area contributed by atoms with Crippen molar-refractivity contribution in [3.8, 4) is 11.8 Å². The molecule has 4 aliphatic heterocycles.